The number of fused-ring (bicyclic) bond motifs is 1. The molecule has 2 heterocycles. The van der Waals surface area contributed by atoms with Gasteiger partial charge in [-0.25, -0.2) is 0 Å². The minimum Gasteiger partial charge on any atom is -0.356 e. The molecule has 5 heteroatoms. The Hall–Kier alpha value is -2.50. The summed E-state index contributed by atoms with van der Waals surface area (Å²) in [6.07, 6.45) is 2.45. The maximum absolute atomic E-state index is 6.51. The normalized spacial score (nSPS) is 12.4. The molecule has 0 saturated heterocycles. The van der Waals surface area contributed by atoms with Crippen molar-refractivity contribution in [3.63, 3.8) is 0 Å². The smallest absolute Gasteiger partial charge is 0.167 e. The molecule has 0 aliphatic carbocycles. The number of pyridine rings is 1. The molecule has 25 heavy (non-hydrogen) atoms. The molecule has 0 amide bonds. The van der Waals surface area contributed by atoms with Crippen molar-refractivity contribution in [2.75, 3.05) is 0 Å². The zero-order valence-electron chi connectivity index (χ0n) is 13.4. The Morgan fingerprint density at radius 2 is 1.88 bits per heavy atom. The van der Waals surface area contributed by atoms with Crippen LogP contribution >= 0.6 is 15.9 Å². The molecule has 0 saturated carbocycles. The van der Waals surface area contributed by atoms with Gasteiger partial charge in [0.25, 0.3) is 0 Å². The van der Waals surface area contributed by atoms with Crippen LogP contribution in [0.2, 0.25) is 0 Å². The minimum atomic E-state index is -0.187. The number of halogens is 1. The van der Waals surface area contributed by atoms with Gasteiger partial charge in [0.2, 0.25) is 0 Å². The van der Waals surface area contributed by atoms with Gasteiger partial charge in [0.1, 0.15) is 5.69 Å². The third-order valence-electron chi connectivity index (χ3n) is 4.20. The van der Waals surface area contributed by atoms with E-state index >= 15 is 0 Å². The van der Waals surface area contributed by atoms with Gasteiger partial charge in [0, 0.05) is 39.8 Å². The van der Waals surface area contributed by atoms with Crippen LogP contribution < -0.4 is 5.73 Å². The van der Waals surface area contributed by atoms with Crippen molar-refractivity contribution in [1.29, 1.82) is 0 Å². The second-order valence-corrected chi connectivity index (χ2v) is 6.81. The van der Waals surface area contributed by atoms with Crippen LogP contribution in [0, 0.1) is 0 Å². The van der Waals surface area contributed by atoms with E-state index in [1.54, 1.807) is 6.20 Å². The van der Waals surface area contributed by atoms with Crippen molar-refractivity contribution in [2.45, 2.75) is 12.5 Å². The molecule has 124 valence electrons. The molecule has 2 aromatic carbocycles. The summed E-state index contributed by atoms with van der Waals surface area (Å²) in [7, 11) is 0. The average molecular weight is 394 g/mol. The highest BCUT2D eigenvalue weighted by Gasteiger charge is 2.18. The molecule has 0 bridgehead atoms. The highest BCUT2D eigenvalue weighted by molar-refractivity contribution is 9.10. The Balaban J connectivity index is 1.79. The third kappa shape index (κ3) is 3.21. The summed E-state index contributed by atoms with van der Waals surface area (Å²) in [6, 6.07) is 19.6. The van der Waals surface area contributed by atoms with E-state index in [2.05, 4.69) is 26.1 Å². The number of hydrogen-bond acceptors (Lipinski definition) is 4. The Morgan fingerprint density at radius 3 is 2.72 bits per heavy atom. The molecule has 4 rings (SSSR count). The average Bonchev–Trinajstić information content (AvgIpc) is 3.06. The molecule has 0 spiro atoms. The molecule has 2 aromatic heterocycles. The second kappa shape index (κ2) is 6.78. The number of aromatic nitrogens is 2. The van der Waals surface area contributed by atoms with Crippen LogP contribution in [0.4, 0.5) is 0 Å². The molecule has 4 aromatic rings. The van der Waals surface area contributed by atoms with Crippen molar-refractivity contribution < 1.29 is 4.52 Å². The van der Waals surface area contributed by atoms with Gasteiger partial charge in [0.15, 0.2) is 5.58 Å². The summed E-state index contributed by atoms with van der Waals surface area (Å²) in [5, 5.41) is 5.27. The molecular formula is C20H16BrN3O. The summed E-state index contributed by atoms with van der Waals surface area (Å²) >= 11 is 3.55. The summed E-state index contributed by atoms with van der Waals surface area (Å²) < 4.78 is 6.45. The summed E-state index contributed by atoms with van der Waals surface area (Å²) in [6.45, 7) is 0. The molecule has 0 aliphatic rings. The van der Waals surface area contributed by atoms with Crippen LogP contribution in [-0.2, 0) is 6.42 Å². The quantitative estimate of drug-likeness (QED) is 0.535. The molecule has 4 nitrogen and oxygen atoms in total. The highest BCUT2D eigenvalue weighted by atomic mass is 79.9. The number of nitrogens with two attached hydrogens (primary N) is 1. The third-order valence-corrected chi connectivity index (χ3v) is 4.70. The molecule has 0 fully saturated rings. The first-order valence-electron chi connectivity index (χ1n) is 8.02. The SMILES string of the molecule is N[C@@H](Cc1ccccn1)c1ccc(Br)cc1-c1noc2ccccc12. The maximum atomic E-state index is 6.51. The van der Waals surface area contributed by atoms with E-state index in [1.165, 1.54) is 0 Å². The molecule has 0 aliphatic heterocycles. The lowest BCUT2D eigenvalue weighted by Gasteiger charge is -2.16. The van der Waals surface area contributed by atoms with Gasteiger partial charge in [-0.15, -0.1) is 0 Å². The van der Waals surface area contributed by atoms with Crippen molar-refractivity contribution in [2.24, 2.45) is 5.73 Å². The lowest BCUT2D eigenvalue weighted by Crippen LogP contribution is -2.15. The lowest BCUT2D eigenvalue weighted by atomic mass is 9.94. The largest absolute Gasteiger partial charge is 0.356 e. The summed E-state index contributed by atoms with van der Waals surface area (Å²) in [4.78, 5) is 4.38. The number of rotatable bonds is 4. The topological polar surface area (TPSA) is 64.9 Å². The van der Waals surface area contributed by atoms with Gasteiger partial charge >= 0.3 is 0 Å². The molecule has 0 unspecified atom stereocenters. The number of hydrogen-bond donors (Lipinski definition) is 1. The zero-order valence-corrected chi connectivity index (χ0v) is 15.0. The second-order valence-electron chi connectivity index (χ2n) is 5.89. The minimum absolute atomic E-state index is 0.187. The van der Waals surface area contributed by atoms with Gasteiger partial charge < -0.3 is 10.3 Å². The number of benzene rings is 2. The van der Waals surface area contributed by atoms with Crippen molar-refractivity contribution in [1.82, 2.24) is 10.1 Å². The van der Waals surface area contributed by atoms with Crippen LogP contribution in [0.15, 0.2) is 75.9 Å². The Kier molecular flexibility index (Phi) is 4.34. The fraction of sp³-hybridized carbons (Fsp3) is 0.100. The van der Waals surface area contributed by atoms with Crippen LogP contribution in [0.3, 0.4) is 0 Å². The van der Waals surface area contributed by atoms with Gasteiger partial charge in [0.05, 0.1) is 0 Å². The molecule has 0 radical (unpaired) electrons. The van der Waals surface area contributed by atoms with E-state index in [0.717, 1.165) is 38.0 Å². The number of nitrogens with zero attached hydrogens (tertiary/aromatic N) is 2. The van der Waals surface area contributed by atoms with Crippen molar-refractivity contribution in [3.05, 3.63) is 82.6 Å². The molecular weight excluding hydrogens is 378 g/mol. The van der Waals surface area contributed by atoms with Crippen molar-refractivity contribution >= 4 is 26.9 Å². The Labute approximate surface area is 153 Å². The standard InChI is InChI=1S/C20H16BrN3O/c21-13-8-9-15(18(22)12-14-5-3-4-10-23-14)17(11-13)20-16-6-1-2-7-19(16)25-24-20/h1-11,18H,12,22H2/t18-/m0/s1. The Morgan fingerprint density at radius 1 is 1.04 bits per heavy atom. The van der Waals surface area contributed by atoms with Gasteiger partial charge in [-0.2, -0.15) is 0 Å². The maximum Gasteiger partial charge on any atom is 0.167 e. The van der Waals surface area contributed by atoms with Gasteiger partial charge in [-0.3, -0.25) is 4.98 Å². The first kappa shape index (κ1) is 16.0. The van der Waals surface area contributed by atoms with Crippen LogP contribution in [0.5, 0.6) is 0 Å². The summed E-state index contributed by atoms with van der Waals surface area (Å²) in [5.74, 6) is 0. The monoisotopic (exact) mass is 393 g/mol. The molecule has 1 atom stereocenters. The van der Waals surface area contributed by atoms with E-state index in [4.69, 9.17) is 10.3 Å². The molecule has 2 N–H and O–H groups in total. The zero-order chi connectivity index (χ0) is 17.2. The Bertz CT molecular complexity index is 1010. The predicted molar refractivity (Wildman–Crippen MR) is 102 cm³/mol. The predicted octanol–water partition coefficient (Wildman–Crippen LogP) is 4.89. The summed E-state index contributed by atoms with van der Waals surface area (Å²) in [5.41, 5.74) is 11.1. The van der Waals surface area contributed by atoms with Gasteiger partial charge in [-0.05, 0) is 42.0 Å². The first-order valence-corrected chi connectivity index (χ1v) is 8.81. The van der Waals surface area contributed by atoms with E-state index < -0.39 is 0 Å². The first-order chi connectivity index (χ1) is 12.2. The van der Waals surface area contributed by atoms with E-state index in [-0.39, 0.29) is 6.04 Å². The van der Waals surface area contributed by atoms with E-state index in [1.807, 2.05) is 60.7 Å². The van der Waals surface area contributed by atoms with Crippen LogP contribution in [0.25, 0.3) is 22.2 Å². The van der Waals surface area contributed by atoms with Crippen LogP contribution in [0.1, 0.15) is 17.3 Å². The fourth-order valence-corrected chi connectivity index (χ4v) is 3.35. The fourth-order valence-electron chi connectivity index (χ4n) is 2.99. The van der Waals surface area contributed by atoms with E-state index in [9.17, 15) is 0 Å². The highest BCUT2D eigenvalue weighted by Crippen LogP contribution is 2.35. The van der Waals surface area contributed by atoms with Crippen LogP contribution in [-0.4, -0.2) is 10.1 Å². The number of para-hydroxylation sites is 1. The van der Waals surface area contributed by atoms with Crippen molar-refractivity contribution in [3.8, 4) is 11.3 Å². The van der Waals surface area contributed by atoms with E-state index in [0.29, 0.717) is 6.42 Å². The van der Waals surface area contributed by atoms with Gasteiger partial charge in [-0.1, -0.05) is 45.4 Å². The lowest BCUT2D eigenvalue weighted by molar-refractivity contribution is 0.459.